The van der Waals surface area contributed by atoms with Crippen LogP contribution in [-0.4, -0.2) is 34.8 Å². The summed E-state index contributed by atoms with van der Waals surface area (Å²) in [6, 6.07) is 4.88. The van der Waals surface area contributed by atoms with Crippen LogP contribution in [0, 0.1) is 17.5 Å². The van der Waals surface area contributed by atoms with Crippen molar-refractivity contribution < 1.29 is 47.2 Å². The van der Waals surface area contributed by atoms with E-state index in [2.05, 4.69) is 5.32 Å². The number of carbonyl (C=O) groups excluding carboxylic acids is 3. The number of hydrogen-bond acceptors (Lipinski definition) is 7. The van der Waals surface area contributed by atoms with Crippen molar-refractivity contribution in [3.05, 3.63) is 87.1 Å². The van der Waals surface area contributed by atoms with Gasteiger partial charge in [-0.15, -0.1) is 0 Å². The number of carbonyl (C=O) groups is 3. The fourth-order valence-corrected chi connectivity index (χ4v) is 5.50. The number of hydrogen-bond donors (Lipinski definition) is 3. The van der Waals surface area contributed by atoms with Crippen LogP contribution in [0.15, 0.2) is 47.4 Å². The van der Waals surface area contributed by atoms with E-state index < -0.39 is 57.4 Å². The standard InChI is InChI=1S/C30H24F3NO7/c1-5-13-6-7-14-15(8-17(31)26(33)25(14)32)16(13)11-34-29(39)23-20(40-4)9-19(37)24-27(23)41-21-10-18(36)22(12(2)35)28(38)30(21,24)3/h6-10,36-37H,5,11H2,1-4H3,(H,34,39)/t30-/m1/s1. The molecule has 41 heavy (non-hydrogen) atoms. The van der Waals surface area contributed by atoms with Crippen molar-refractivity contribution in [3.63, 3.8) is 0 Å². The third-order valence-electron chi connectivity index (χ3n) is 7.60. The molecule has 0 saturated heterocycles. The van der Waals surface area contributed by atoms with Gasteiger partial charge in [-0.3, -0.25) is 14.4 Å². The number of nitrogens with one attached hydrogen (secondary N) is 1. The van der Waals surface area contributed by atoms with Gasteiger partial charge in [0.2, 0.25) is 0 Å². The lowest BCUT2D eigenvalue weighted by Crippen LogP contribution is -2.38. The predicted octanol–water partition coefficient (Wildman–Crippen LogP) is 4.98. The Kier molecular flexibility index (Phi) is 6.56. The van der Waals surface area contributed by atoms with E-state index in [1.165, 1.54) is 20.1 Å². The van der Waals surface area contributed by atoms with E-state index in [1.807, 2.05) is 0 Å². The van der Waals surface area contributed by atoms with Gasteiger partial charge in [-0.05, 0) is 42.8 Å². The van der Waals surface area contributed by atoms with Gasteiger partial charge >= 0.3 is 0 Å². The van der Waals surface area contributed by atoms with E-state index in [4.69, 9.17) is 9.47 Å². The lowest BCUT2D eigenvalue weighted by Gasteiger charge is -2.27. The number of methoxy groups -OCH3 is 1. The van der Waals surface area contributed by atoms with E-state index in [0.717, 1.165) is 25.1 Å². The summed E-state index contributed by atoms with van der Waals surface area (Å²) in [5.74, 6) is -8.18. The molecule has 5 rings (SSSR count). The van der Waals surface area contributed by atoms with Crippen molar-refractivity contribution in [2.45, 2.75) is 39.2 Å². The van der Waals surface area contributed by atoms with Crippen LogP contribution < -0.4 is 14.8 Å². The molecule has 11 heteroatoms. The molecule has 3 aromatic carbocycles. The highest BCUT2D eigenvalue weighted by molar-refractivity contribution is 6.25. The van der Waals surface area contributed by atoms with Gasteiger partial charge in [-0.2, -0.15) is 0 Å². The third-order valence-corrected chi connectivity index (χ3v) is 7.60. The van der Waals surface area contributed by atoms with Gasteiger partial charge in [0.1, 0.15) is 39.6 Å². The molecule has 1 atom stereocenters. The van der Waals surface area contributed by atoms with Crippen LogP contribution in [0.25, 0.3) is 10.8 Å². The maximum atomic E-state index is 14.5. The van der Waals surface area contributed by atoms with E-state index in [9.17, 15) is 37.8 Å². The number of aliphatic hydroxyl groups excluding tert-OH is 1. The van der Waals surface area contributed by atoms with Crippen LogP contribution in [0.1, 0.15) is 47.8 Å². The first-order valence-electron chi connectivity index (χ1n) is 12.6. The van der Waals surface area contributed by atoms with Crippen LogP contribution in [0.5, 0.6) is 17.2 Å². The number of phenolic OH excluding ortho intramolecular Hbond substituents is 1. The second-order valence-electron chi connectivity index (χ2n) is 9.88. The molecule has 1 heterocycles. The Morgan fingerprint density at radius 1 is 1.10 bits per heavy atom. The molecule has 0 saturated carbocycles. The van der Waals surface area contributed by atoms with Crippen molar-refractivity contribution in [1.82, 2.24) is 5.32 Å². The summed E-state index contributed by atoms with van der Waals surface area (Å²) < 4.78 is 53.7. The molecule has 3 N–H and O–H groups in total. The van der Waals surface area contributed by atoms with Gasteiger partial charge < -0.3 is 25.0 Å². The predicted molar refractivity (Wildman–Crippen MR) is 140 cm³/mol. The monoisotopic (exact) mass is 567 g/mol. The highest BCUT2D eigenvalue weighted by Crippen LogP contribution is 2.56. The number of amides is 1. The first kappa shape index (κ1) is 27.8. The van der Waals surface area contributed by atoms with E-state index in [1.54, 1.807) is 13.0 Å². The average molecular weight is 568 g/mol. The van der Waals surface area contributed by atoms with Crippen LogP contribution >= 0.6 is 0 Å². The Hall–Kier alpha value is -4.80. The molecule has 8 nitrogen and oxygen atoms in total. The number of fused-ring (bicyclic) bond motifs is 4. The summed E-state index contributed by atoms with van der Waals surface area (Å²) in [6.07, 6.45) is 1.52. The number of aryl methyl sites for hydroxylation is 1. The van der Waals surface area contributed by atoms with Crippen LogP contribution in [0.4, 0.5) is 13.2 Å². The molecule has 0 aromatic heterocycles. The summed E-state index contributed by atoms with van der Waals surface area (Å²) in [5.41, 5.74) is -1.54. The normalized spacial score (nSPS) is 17.6. The zero-order valence-electron chi connectivity index (χ0n) is 22.4. The van der Waals surface area contributed by atoms with Gasteiger partial charge in [0.25, 0.3) is 5.91 Å². The summed E-state index contributed by atoms with van der Waals surface area (Å²) in [5, 5.41) is 23.8. The second kappa shape index (κ2) is 9.69. The zero-order chi connectivity index (χ0) is 30.0. The minimum absolute atomic E-state index is 0.0767. The number of Topliss-reactive ketones (excluding diaryl/α,β-unsaturated/α-hetero) is 2. The van der Waals surface area contributed by atoms with Gasteiger partial charge in [0, 0.05) is 24.1 Å². The Morgan fingerprint density at radius 3 is 2.44 bits per heavy atom. The fraction of sp³-hybridized carbons (Fsp3) is 0.233. The fourth-order valence-electron chi connectivity index (χ4n) is 5.50. The summed E-state index contributed by atoms with van der Waals surface area (Å²) in [7, 11) is 1.24. The van der Waals surface area contributed by atoms with Crippen LogP contribution in [0.3, 0.4) is 0 Å². The third kappa shape index (κ3) is 3.94. The first-order chi connectivity index (χ1) is 19.4. The van der Waals surface area contributed by atoms with Gasteiger partial charge in [0.05, 0.1) is 12.7 Å². The summed E-state index contributed by atoms with van der Waals surface area (Å²) in [4.78, 5) is 39.2. The topological polar surface area (TPSA) is 122 Å². The van der Waals surface area contributed by atoms with Crippen LogP contribution in [-0.2, 0) is 28.0 Å². The van der Waals surface area contributed by atoms with E-state index >= 15 is 0 Å². The molecule has 1 amide bonds. The minimum Gasteiger partial charge on any atom is -0.507 e. The van der Waals surface area contributed by atoms with E-state index in [-0.39, 0.29) is 45.7 Å². The molecule has 3 aromatic rings. The number of allylic oxidation sites excluding steroid dienone is 3. The van der Waals surface area contributed by atoms with Crippen molar-refractivity contribution in [1.29, 1.82) is 0 Å². The minimum atomic E-state index is -1.74. The van der Waals surface area contributed by atoms with Gasteiger partial charge in [0.15, 0.2) is 34.8 Å². The quantitative estimate of drug-likeness (QED) is 0.284. The number of aromatic hydroxyl groups is 1. The van der Waals surface area contributed by atoms with Crippen molar-refractivity contribution in [2.75, 3.05) is 7.11 Å². The molecule has 0 fully saturated rings. The van der Waals surface area contributed by atoms with Crippen molar-refractivity contribution in [2.24, 2.45) is 0 Å². The molecular formula is C30H24F3NO7. The number of rotatable bonds is 6. The molecule has 0 unspecified atom stereocenters. The average Bonchev–Trinajstić information content (AvgIpc) is 3.23. The number of benzene rings is 3. The molecular weight excluding hydrogens is 543 g/mol. The number of phenols is 1. The van der Waals surface area contributed by atoms with Crippen LogP contribution in [0.2, 0.25) is 0 Å². The number of aliphatic hydroxyl groups is 1. The molecule has 1 aliphatic heterocycles. The molecule has 0 radical (unpaired) electrons. The molecule has 0 spiro atoms. The number of ether oxygens (including phenoxy) is 2. The maximum absolute atomic E-state index is 14.5. The Labute approximate surface area is 231 Å². The van der Waals surface area contributed by atoms with Crippen molar-refractivity contribution >= 4 is 28.2 Å². The molecule has 2 aliphatic rings. The highest BCUT2D eigenvalue weighted by Gasteiger charge is 2.55. The van der Waals surface area contributed by atoms with E-state index in [0.29, 0.717) is 17.5 Å². The summed E-state index contributed by atoms with van der Waals surface area (Å²) in [6.45, 7) is 4.07. The SMILES string of the molecule is CCc1ccc2c(F)c(F)c(F)cc2c1CNC(=O)c1c(OC)cc(O)c2c1OC1=CC(O)=C(C(C)=O)C(=O)[C@]12C. The lowest BCUT2D eigenvalue weighted by atomic mass is 9.71. The van der Waals surface area contributed by atoms with Crippen molar-refractivity contribution in [3.8, 4) is 17.2 Å². The smallest absolute Gasteiger partial charge is 0.259 e. The highest BCUT2D eigenvalue weighted by atomic mass is 19.2. The second-order valence-corrected chi connectivity index (χ2v) is 9.88. The Morgan fingerprint density at radius 2 is 1.80 bits per heavy atom. The van der Waals surface area contributed by atoms with Gasteiger partial charge in [-0.25, -0.2) is 13.2 Å². The lowest BCUT2D eigenvalue weighted by molar-refractivity contribution is -0.123. The maximum Gasteiger partial charge on any atom is 0.259 e. The molecule has 212 valence electrons. The molecule has 0 bridgehead atoms. The summed E-state index contributed by atoms with van der Waals surface area (Å²) >= 11 is 0. The number of halogens is 3. The molecule has 1 aliphatic carbocycles. The zero-order valence-corrected chi connectivity index (χ0v) is 22.4. The van der Waals surface area contributed by atoms with Gasteiger partial charge in [-0.1, -0.05) is 19.1 Å². The first-order valence-corrected chi connectivity index (χ1v) is 12.6. The largest absolute Gasteiger partial charge is 0.507 e. The number of ketones is 2. The Bertz CT molecular complexity index is 1780. The Balaban J connectivity index is 1.60.